The van der Waals surface area contributed by atoms with Gasteiger partial charge in [-0.3, -0.25) is 19.6 Å². The lowest BCUT2D eigenvalue weighted by atomic mass is 10.1. The molecule has 0 aliphatic carbocycles. The van der Waals surface area contributed by atoms with Crippen molar-refractivity contribution in [2.75, 3.05) is 13.7 Å². The van der Waals surface area contributed by atoms with Crippen LogP contribution in [0.3, 0.4) is 0 Å². The number of rotatable bonds is 6. The number of nitrogens with one attached hydrogen (secondary N) is 2. The van der Waals surface area contributed by atoms with Gasteiger partial charge in [0.1, 0.15) is 11.8 Å². The van der Waals surface area contributed by atoms with Crippen LogP contribution in [-0.4, -0.2) is 52.7 Å². The molecule has 0 radical (unpaired) electrons. The predicted octanol–water partition coefficient (Wildman–Crippen LogP) is 2.46. The molecule has 4 rings (SSSR count). The van der Waals surface area contributed by atoms with Crippen molar-refractivity contribution in [1.29, 1.82) is 0 Å². The molecule has 3 aromatic rings. The Hall–Kier alpha value is -4.32. The molecule has 1 atom stereocenters. The van der Waals surface area contributed by atoms with Gasteiger partial charge in [-0.1, -0.05) is 17.9 Å². The Labute approximate surface area is 197 Å². The maximum Gasteiger partial charge on any atom is 0.322 e. The third kappa shape index (κ3) is 4.86. The summed E-state index contributed by atoms with van der Waals surface area (Å²) in [4.78, 5) is 37.2. The van der Waals surface area contributed by atoms with E-state index in [1.165, 1.54) is 0 Å². The summed E-state index contributed by atoms with van der Waals surface area (Å²) in [5, 5.41) is 10.2. The maximum absolute atomic E-state index is 12.9. The molecule has 0 unspecified atom stereocenters. The van der Waals surface area contributed by atoms with Crippen molar-refractivity contribution in [3.8, 4) is 17.6 Å². The molecular weight excluding hydrogens is 434 g/mol. The summed E-state index contributed by atoms with van der Waals surface area (Å²) in [6, 6.07) is 9.91. The van der Waals surface area contributed by atoms with E-state index in [0.717, 1.165) is 22.0 Å². The Morgan fingerprint density at radius 2 is 2.09 bits per heavy atom. The van der Waals surface area contributed by atoms with Gasteiger partial charge in [0.25, 0.3) is 5.91 Å². The summed E-state index contributed by atoms with van der Waals surface area (Å²) in [6.07, 6.45) is 2.26. The fourth-order valence-electron chi connectivity index (χ4n) is 3.77. The molecule has 2 N–H and O–H groups in total. The lowest BCUT2D eigenvalue weighted by Crippen LogP contribution is -2.46. The van der Waals surface area contributed by atoms with E-state index in [9.17, 15) is 14.4 Å². The Kier molecular flexibility index (Phi) is 6.50. The van der Waals surface area contributed by atoms with Gasteiger partial charge in [-0.15, -0.1) is 0 Å². The molecule has 0 saturated heterocycles. The van der Waals surface area contributed by atoms with Gasteiger partial charge in [-0.05, 0) is 49.7 Å². The number of aromatic nitrogens is 2. The van der Waals surface area contributed by atoms with Crippen molar-refractivity contribution < 1.29 is 19.1 Å². The zero-order valence-corrected chi connectivity index (χ0v) is 19.2. The highest BCUT2D eigenvalue weighted by Gasteiger charge is 2.29. The van der Waals surface area contributed by atoms with E-state index in [-0.39, 0.29) is 18.5 Å². The Bertz CT molecular complexity index is 1320. The van der Waals surface area contributed by atoms with Crippen LogP contribution in [0.1, 0.15) is 41.4 Å². The molecule has 4 amide bonds. The molecule has 2 aromatic carbocycles. The molecule has 1 aromatic heterocycles. The molecule has 9 heteroatoms. The summed E-state index contributed by atoms with van der Waals surface area (Å²) in [5.74, 6) is 6.54. The molecule has 34 heavy (non-hydrogen) atoms. The third-order valence-corrected chi connectivity index (χ3v) is 5.54. The second kappa shape index (κ2) is 9.67. The first-order valence-electron chi connectivity index (χ1n) is 10.8. The summed E-state index contributed by atoms with van der Waals surface area (Å²) in [5.41, 5.74) is 3.06. The molecule has 1 aliphatic heterocycles. The minimum Gasteiger partial charge on any atom is -0.497 e. The van der Waals surface area contributed by atoms with E-state index < -0.39 is 12.1 Å². The van der Waals surface area contributed by atoms with E-state index >= 15 is 0 Å². The van der Waals surface area contributed by atoms with Crippen molar-refractivity contribution >= 4 is 29.3 Å². The van der Waals surface area contributed by atoms with Crippen LogP contribution in [0.2, 0.25) is 0 Å². The van der Waals surface area contributed by atoms with Crippen LogP contribution in [0.15, 0.2) is 42.6 Å². The molecular formula is C25H25N5O4. The standard InChI is InChI=1S/C25H25N5O4/c1-16(2)30-13-19-10-17(5-9-23(19)28-30)4-7-20(27-25(33)26-15-31)14-29-12-18-6-8-21(34-3)11-22(18)24(29)32/h5-6,8-11,13,15-16,20H,12,14H2,1-3H3,(H2,26,27,31,33)/t20-/m1/s1. The zero-order valence-electron chi connectivity index (χ0n) is 19.2. The van der Waals surface area contributed by atoms with Gasteiger partial charge in [-0.25, -0.2) is 4.79 Å². The zero-order chi connectivity index (χ0) is 24.2. The van der Waals surface area contributed by atoms with Crippen molar-refractivity contribution in [2.24, 2.45) is 0 Å². The summed E-state index contributed by atoms with van der Waals surface area (Å²) in [7, 11) is 1.55. The van der Waals surface area contributed by atoms with Crippen molar-refractivity contribution in [2.45, 2.75) is 32.5 Å². The molecule has 9 nitrogen and oxygen atoms in total. The van der Waals surface area contributed by atoms with Crippen molar-refractivity contribution in [3.63, 3.8) is 0 Å². The van der Waals surface area contributed by atoms with E-state index in [1.807, 2.05) is 35.1 Å². The second-order valence-corrected chi connectivity index (χ2v) is 8.24. The van der Waals surface area contributed by atoms with Gasteiger partial charge in [0, 0.05) is 35.3 Å². The molecule has 1 aliphatic rings. The third-order valence-electron chi connectivity index (χ3n) is 5.54. The molecule has 0 saturated carbocycles. The number of methoxy groups -OCH3 is 1. The minimum absolute atomic E-state index is 0.155. The number of fused-ring (bicyclic) bond motifs is 2. The van der Waals surface area contributed by atoms with Gasteiger partial charge < -0.3 is 15.0 Å². The van der Waals surface area contributed by atoms with Crippen LogP contribution < -0.4 is 15.4 Å². The highest BCUT2D eigenvalue weighted by atomic mass is 16.5. The van der Waals surface area contributed by atoms with Crippen LogP contribution in [0, 0.1) is 11.8 Å². The smallest absolute Gasteiger partial charge is 0.322 e. The summed E-state index contributed by atoms with van der Waals surface area (Å²) >= 11 is 0. The first kappa shape index (κ1) is 22.9. The van der Waals surface area contributed by atoms with E-state index in [4.69, 9.17) is 4.74 Å². The maximum atomic E-state index is 12.9. The van der Waals surface area contributed by atoms with Gasteiger partial charge in [-0.2, -0.15) is 5.10 Å². The monoisotopic (exact) mass is 459 g/mol. The molecule has 2 heterocycles. The molecule has 0 spiro atoms. The van der Waals surface area contributed by atoms with E-state index in [0.29, 0.717) is 24.3 Å². The van der Waals surface area contributed by atoms with Crippen molar-refractivity contribution in [1.82, 2.24) is 25.3 Å². The first-order chi connectivity index (χ1) is 16.4. The van der Waals surface area contributed by atoms with Crippen LogP contribution in [0.25, 0.3) is 10.9 Å². The normalized spacial score (nSPS) is 13.3. The highest BCUT2D eigenvalue weighted by molar-refractivity contribution is 5.98. The largest absolute Gasteiger partial charge is 0.497 e. The molecule has 0 bridgehead atoms. The number of hydrogen-bond acceptors (Lipinski definition) is 5. The van der Waals surface area contributed by atoms with Gasteiger partial charge >= 0.3 is 6.03 Å². The average Bonchev–Trinajstić information content (AvgIpc) is 3.38. The van der Waals surface area contributed by atoms with Crippen LogP contribution in [0.5, 0.6) is 5.75 Å². The van der Waals surface area contributed by atoms with E-state index in [1.54, 1.807) is 24.1 Å². The number of carbonyl (C=O) groups excluding carboxylic acids is 3. The molecule has 174 valence electrons. The fourth-order valence-corrected chi connectivity index (χ4v) is 3.77. The van der Waals surface area contributed by atoms with Gasteiger partial charge in [0.2, 0.25) is 6.41 Å². The number of nitrogens with zero attached hydrogens (tertiary/aromatic N) is 3. The van der Waals surface area contributed by atoms with Crippen LogP contribution >= 0.6 is 0 Å². The first-order valence-corrected chi connectivity index (χ1v) is 10.8. The lowest BCUT2D eigenvalue weighted by Gasteiger charge is -2.21. The van der Waals surface area contributed by atoms with Crippen molar-refractivity contribution in [3.05, 3.63) is 59.3 Å². The molecule has 0 fully saturated rings. The quantitative estimate of drug-likeness (QED) is 0.435. The number of carbonyl (C=O) groups is 3. The predicted molar refractivity (Wildman–Crippen MR) is 126 cm³/mol. The van der Waals surface area contributed by atoms with Crippen LogP contribution in [0.4, 0.5) is 4.79 Å². The van der Waals surface area contributed by atoms with Crippen LogP contribution in [-0.2, 0) is 11.3 Å². The number of amides is 4. The number of hydrogen-bond donors (Lipinski definition) is 2. The Morgan fingerprint density at radius 1 is 1.26 bits per heavy atom. The Morgan fingerprint density at radius 3 is 2.82 bits per heavy atom. The average molecular weight is 460 g/mol. The number of urea groups is 1. The summed E-state index contributed by atoms with van der Waals surface area (Å²) < 4.78 is 7.11. The summed E-state index contributed by atoms with van der Waals surface area (Å²) in [6.45, 7) is 4.67. The number of ether oxygens (including phenoxy) is 1. The number of benzene rings is 2. The minimum atomic E-state index is -0.700. The van der Waals surface area contributed by atoms with Gasteiger partial charge in [0.15, 0.2) is 0 Å². The van der Waals surface area contributed by atoms with E-state index in [2.05, 4.69) is 41.4 Å². The second-order valence-electron chi connectivity index (χ2n) is 8.24. The fraction of sp³-hybridized carbons (Fsp3) is 0.280. The lowest BCUT2D eigenvalue weighted by molar-refractivity contribution is -0.108. The topological polar surface area (TPSA) is 106 Å². The number of imide groups is 1. The SMILES string of the molecule is COc1ccc2c(c1)C(=O)N(C[C@@H](C#Cc1ccc3nn(C(C)C)cc3c1)NC(=O)NC=O)C2. The van der Waals surface area contributed by atoms with Gasteiger partial charge in [0.05, 0.1) is 19.2 Å². The highest BCUT2D eigenvalue weighted by Crippen LogP contribution is 2.26. The Balaban J connectivity index is 1.56.